The molecule has 0 spiro atoms. The Kier molecular flexibility index (Phi) is 6.81. The zero-order valence-corrected chi connectivity index (χ0v) is 11.1. The second kappa shape index (κ2) is 8.48. The topological polar surface area (TPSA) is 41.1 Å². The largest absolute Gasteiger partial charge is 0.355 e. The summed E-state index contributed by atoms with van der Waals surface area (Å²) in [7, 11) is 0. The average molecular weight is 246 g/mol. The van der Waals surface area contributed by atoms with Gasteiger partial charge < -0.3 is 10.6 Å². The lowest BCUT2D eigenvalue weighted by Gasteiger charge is -2.12. The molecule has 1 aromatic carbocycles. The van der Waals surface area contributed by atoms with Crippen LogP contribution in [0.3, 0.4) is 0 Å². The standard InChI is InChI=1S/C15H22N2O/c1-3-11-17-15(18)13(2)16-12-7-10-14-8-5-4-6-9-14/h4-10,13,16H,3,11-12H2,1-2H3,(H,17,18). The van der Waals surface area contributed by atoms with Gasteiger partial charge in [0.2, 0.25) is 5.91 Å². The first kappa shape index (κ1) is 14.5. The average Bonchev–Trinajstić information content (AvgIpc) is 2.41. The van der Waals surface area contributed by atoms with Crippen molar-refractivity contribution in [1.29, 1.82) is 0 Å². The summed E-state index contributed by atoms with van der Waals surface area (Å²) in [6.07, 6.45) is 5.04. The summed E-state index contributed by atoms with van der Waals surface area (Å²) >= 11 is 0. The van der Waals surface area contributed by atoms with Gasteiger partial charge in [-0.25, -0.2) is 0 Å². The van der Waals surface area contributed by atoms with Crippen LogP contribution in [0.15, 0.2) is 36.4 Å². The zero-order valence-electron chi connectivity index (χ0n) is 11.1. The Balaban J connectivity index is 2.25. The van der Waals surface area contributed by atoms with Gasteiger partial charge in [-0.2, -0.15) is 0 Å². The van der Waals surface area contributed by atoms with Crippen molar-refractivity contribution in [1.82, 2.24) is 10.6 Å². The number of hydrogen-bond acceptors (Lipinski definition) is 2. The monoisotopic (exact) mass is 246 g/mol. The minimum absolute atomic E-state index is 0.0601. The summed E-state index contributed by atoms with van der Waals surface area (Å²) in [6, 6.07) is 9.95. The molecule has 0 heterocycles. The van der Waals surface area contributed by atoms with Gasteiger partial charge >= 0.3 is 0 Å². The van der Waals surface area contributed by atoms with Gasteiger partial charge in [-0.15, -0.1) is 0 Å². The molecule has 0 aliphatic heterocycles. The maximum absolute atomic E-state index is 11.6. The van der Waals surface area contributed by atoms with Crippen molar-refractivity contribution < 1.29 is 4.79 Å². The van der Waals surface area contributed by atoms with Crippen molar-refractivity contribution in [3.63, 3.8) is 0 Å². The molecule has 0 aliphatic carbocycles. The molecule has 1 aromatic rings. The molecule has 1 rings (SSSR count). The van der Waals surface area contributed by atoms with Crippen molar-refractivity contribution in [3.8, 4) is 0 Å². The van der Waals surface area contributed by atoms with Crippen LogP contribution in [0.25, 0.3) is 6.08 Å². The van der Waals surface area contributed by atoms with Crippen LogP contribution in [0.4, 0.5) is 0 Å². The van der Waals surface area contributed by atoms with Crippen molar-refractivity contribution in [2.75, 3.05) is 13.1 Å². The maximum atomic E-state index is 11.6. The Labute approximate surface area is 109 Å². The molecule has 0 saturated carbocycles. The quantitative estimate of drug-likeness (QED) is 0.774. The molecule has 0 bridgehead atoms. The van der Waals surface area contributed by atoms with E-state index < -0.39 is 0 Å². The molecular weight excluding hydrogens is 224 g/mol. The Hall–Kier alpha value is -1.61. The van der Waals surface area contributed by atoms with Gasteiger partial charge in [0.05, 0.1) is 6.04 Å². The van der Waals surface area contributed by atoms with E-state index in [2.05, 4.69) is 10.6 Å². The fraction of sp³-hybridized carbons (Fsp3) is 0.400. The first-order valence-corrected chi connectivity index (χ1v) is 6.46. The lowest BCUT2D eigenvalue weighted by atomic mass is 10.2. The highest BCUT2D eigenvalue weighted by molar-refractivity contribution is 5.81. The molecule has 18 heavy (non-hydrogen) atoms. The van der Waals surface area contributed by atoms with Gasteiger partial charge in [-0.3, -0.25) is 4.79 Å². The Morgan fingerprint density at radius 3 is 2.72 bits per heavy atom. The fourth-order valence-electron chi connectivity index (χ4n) is 1.50. The van der Waals surface area contributed by atoms with E-state index >= 15 is 0 Å². The summed E-state index contributed by atoms with van der Waals surface area (Å²) in [5.74, 6) is 0.0601. The van der Waals surface area contributed by atoms with Crippen LogP contribution in [0.5, 0.6) is 0 Å². The van der Waals surface area contributed by atoms with Crippen LogP contribution < -0.4 is 10.6 Å². The van der Waals surface area contributed by atoms with Gasteiger partial charge in [0.25, 0.3) is 0 Å². The Bertz CT molecular complexity index is 373. The van der Waals surface area contributed by atoms with E-state index in [1.807, 2.05) is 56.3 Å². The molecule has 2 N–H and O–H groups in total. The Morgan fingerprint density at radius 1 is 1.33 bits per heavy atom. The molecule has 0 aromatic heterocycles. The summed E-state index contributed by atoms with van der Waals surface area (Å²) in [5, 5.41) is 6.03. The van der Waals surface area contributed by atoms with Gasteiger partial charge in [0.15, 0.2) is 0 Å². The normalized spacial score (nSPS) is 12.6. The molecule has 3 nitrogen and oxygen atoms in total. The third kappa shape index (κ3) is 5.64. The number of carbonyl (C=O) groups is 1. The zero-order chi connectivity index (χ0) is 13.2. The molecule has 0 radical (unpaired) electrons. The highest BCUT2D eigenvalue weighted by atomic mass is 16.2. The number of nitrogens with one attached hydrogen (secondary N) is 2. The van der Waals surface area contributed by atoms with Crippen LogP contribution in [0.2, 0.25) is 0 Å². The molecule has 0 fully saturated rings. The van der Waals surface area contributed by atoms with E-state index in [4.69, 9.17) is 0 Å². The summed E-state index contributed by atoms with van der Waals surface area (Å²) in [5.41, 5.74) is 1.17. The first-order valence-electron chi connectivity index (χ1n) is 6.46. The van der Waals surface area contributed by atoms with Crippen molar-refractivity contribution >= 4 is 12.0 Å². The highest BCUT2D eigenvalue weighted by Gasteiger charge is 2.09. The van der Waals surface area contributed by atoms with E-state index in [0.29, 0.717) is 6.54 Å². The number of benzene rings is 1. The van der Waals surface area contributed by atoms with Crippen LogP contribution in [0.1, 0.15) is 25.8 Å². The van der Waals surface area contributed by atoms with E-state index in [1.165, 1.54) is 5.56 Å². The van der Waals surface area contributed by atoms with Crippen LogP contribution in [0, 0.1) is 0 Å². The lowest BCUT2D eigenvalue weighted by molar-refractivity contribution is -0.122. The second-order valence-electron chi connectivity index (χ2n) is 4.23. The summed E-state index contributed by atoms with van der Waals surface area (Å²) < 4.78 is 0. The molecule has 0 saturated heterocycles. The minimum atomic E-state index is -0.156. The van der Waals surface area contributed by atoms with Gasteiger partial charge in [0.1, 0.15) is 0 Å². The molecule has 0 aliphatic rings. The molecule has 1 atom stereocenters. The number of carbonyl (C=O) groups excluding carboxylic acids is 1. The SMILES string of the molecule is CCCNC(=O)C(C)NCC=Cc1ccccc1. The van der Waals surface area contributed by atoms with Crippen molar-refractivity contribution in [2.24, 2.45) is 0 Å². The molecule has 3 heteroatoms. The third-order valence-corrected chi connectivity index (χ3v) is 2.59. The lowest BCUT2D eigenvalue weighted by Crippen LogP contribution is -2.42. The maximum Gasteiger partial charge on any atom is 0.236 e. The van der Waals surface area contributed by atoms with Gasteiger partial charge in [0, 0.05) is 13.1 Å². The van der Waals surface area contributed by atoms with Gasteiger partial charge in [-0.05, 0) is 18.9 Å². The predicted octanol–water partition coefficient (Wildman–Crippen LogP) is 2.20. The molecule has 98 valence electrons. The highest BCUT2D eigenvalue weighted by Crippen LogP contribution is 2.00. The van der Waals surface area contributed by atoms with Crippen LogP contribution in [-0.4, -0.2) is 25.0 Å². The fourth-order valence-corrected chi connectivity index (χ4v) is 1.50. The summed E-state index contributed by atoms with van der Waals surface area (Å²) in [6.45, 7) is 5.35. The number of rotatable bonds is 7. The smallest absolute Gasteiger partial charge is 0.236 e. The van der Waals surface area contributed by atoms with E-state index in [1.54, 1.807) is 0 Å². The van der Waals surface area contributed by atoms with Crippen molar-refractivity contribution in [3.05, 3.63) is 42.0 Å². The number of amides is 1. The first-order chi connectivity index (χ1) is 8.74. The van der Waals surface area contributed by atoms with E-state index in [9.17, 15) is 4.79 Å². The molecular formula is C15H22N2O. The van der Waals surface area contributed by atoms with E-state index in [-0.39, 0.29) is 11.9 Å². The predicted molar refractivity (Wildman–Crippen MR) is 76.2 cm³/mol. The van der Waals surface area contributed by atoms with Crippen molar-refractivity contribution in [2.45, 2.75) is 26.3 Å². The van der Waals surface area contributed by atoms with Crippen LogP contribution >= 0.6 is 0 Å². The van der Waals surface area contributed by atoms with Gasteiger partial charge in [-0.1, -0.05) is 49.4 Å². The molecule has 1 unspecified atom stereocenters. The van der Waals surface area contributed by atoms with Crippen LogP contribution in [-0.2, 0) is 4.79 Å². The third-order valence-electron chi connectivity index (χ3n) is 2.59. The molecule has 1 amide bonds. The minimum Gasteiger partial charge on any atom is -0.355 e. The summed E-state index contributed by atoms with van der Waals surface area (Å²) in [4.78, 5) is 11.6. The Morgan fingerprint density at radius 2 is 2.06 bits per heavy atom. The second-order valence-corrected chi connectivity index (χ2v) is 4.23. The number of hydrogen-bond donors (Lipinski definition) is 2. The van der Waals surface area contributed by atoms with E-state index in [0.717, 1.165) is 13.0 Å².